The average Bonchev–Trinajstić information content (AvgIpc) is 2.60. The number of carbonyl (C=O) groups is 2. The lowest BCUT2D eigenvalue weighted by molar-refractivity contribution is -0.111. The number of nitrogens with zero attached hydrogens (tertiary/aromatic N) is 1. The van der Waals surface area contributed by atoms with E-state index in [4.69, 9.17) is 4.74 Å². The number of methoxy groups -OCH3 is 2. The first kappa shape index (κ1) is 16.2. The Balaban J connectivity index is 1.96. The van der Waals surface area contributed by atoms with Crippen molar-refractivity contribution >= 4 is 23.6 Å². The number of carbonyl (C=O) groups excluding carboxylic acids is 2. The van der Waals surface area contributed by atoms with Crippen LogP contribution in [0, 0.1) is 0 Å². The van der Waals surface area contributed by atoms with Crippen LogP contribution in [-0.2, 0) is 9.53 Å². The third-order valence-electron chi connectivity index (χ3n) is 2.97. The van der Waals surface area contributed by atoms with Gasteiger partial charge in [0, 0.05) is 12.1 Å². The number of rotatable bonds is 5. The molecule has 118 valence electrons. The van der Waals surface area contributed by atoms with Gasteiger partial charge in [-0.05, 0) is 29.8 Å². The number of anilines is 1. The van der Waals surface area contributed by atoms with E-state index in [1.54, 1.807) is 42.5 Å². The molecule has 0 spiro atoms. The molecule has 1 N–H and O–H groups in total. The van der Waals surface area contributed by atoms with Crippen molar-refractivity contribution in [1.29, 1.82) is 0 Å². The van der Waals surface area contributed by atoms with Gasteiger partial charge in [0.15, 0.2) is 0 Å². The molecule has 2 rings (SSSR count). The highest BCUT2D eigenvalue weighted by atomic mass is 16.5. The van der Waals surface area contributed by atoms with Crippen molar-refractivity contribution in [2.75, 3.05) is 19.5 Å². The van der Waals surface area contributed by atoms with E-state index >= 15 is 0 Å². The lowest BCUT2D eigenvalue weighted by Crippen LogP contribution is -2.08. The molecule has 1 aromatic heterocycles. The zero-order chi connectivity index (χ0) is 16.7. The summed E-state index contributed by atoms with van der Waals surface area (Å²) >= 11 is 0. The summed E-state index contributed by atoms with van der Waals surface area (Å²) in [7, 11) is 2.85. The monoisotopic (exact) mass is 312 g/mol. The zero-order valence-corrected chi connectivity index (χ0v) is 12.8. The van der Waals surface area contributed by atoms with Crippen LogP contribution in [0.4, 0.5) is 5.69 Å². The third-order valence-corrected chi connectivity index (χ3v) is 2.97. The fourth-order valence-corrected chi connectivity index (χ4v) is 1.78. The number of amides is 1. The molecule has 0 unspecified atom stereocenters. The molecule has 0 fully saturated rings. The normalized spacial score (nSPS) is 10.3. The molecule has 1 aromatic carbocycles. The van der Waals surface area contributed by atoms with Crippen molar-refractivity contribution in [2.24, 2.45) is 0 Å². The molecular formula is C17H16N2O4. The molecule has 0 aliphatic rings. The highest BCUT2D eigenvalue weighted by Gasteiger charge is 2.03. The van der Waals surface area contributed by atoms with Crippen LogP contribution in [0.2, 0.25) is 0 Å². The minimum absolute atomic E-state index is 0.283. The Hall–Kier alpha value is -3.15. The Kier molecular flexibility index (Phi) is 5.46. The van der Waals surface area contributed by atoms with Crippen LogP contribution in [0.1, 0.15) is 15.9 Å². The highest BCUT2D eigenvalue weighted by molar-refractivity contribution is 6.01. The van der Waals surface area contributed by atoms with Gasteiger partial charge >= 0.3 is 5.97 Å². The van der Waals surface area contributed by atoms with Crippen LogP contribution in [0.3, 0.4) is 0 Å². The molecule has 0 atom stereocenters. The molecule has 2 aromatic rings. The average molecular weight is 312 g/mol. The van der Waals surface area contributed by atoms with Gasteiger partial charge in [0.05, 0.1) is 31.7 Å². The van der Waals surface area contributed by atoms with Crippen LogP contribution < -0.4 is 10.1 Å². The summed E-state index contributed by atoms with van der Waals surface area (Å²) in [6.07, 6.45) is 4.56. The van der Waals surface area contributed by atoms with Crippen LogP contribution >= 0.6 is 0 Å². The van der Waals surface area contributed by atoms with Gasteiger partial charge in [-0.25, -0.2) is 9.78 Å². The molecule has 1 amide bonds. The van der Waals surface area contributed by atoms with E-state index in [0.29, 0.717) is 17.1 Å². The Morgan fingerprint density at radius 2 is 1.83 bits per heavy atom. The number of hydrogen-bond acceptors (Lipinski definition) is 5. The van der Waals surface area contributed by atoms with Gasteiger partial charge in [0.2, 0.25) is 11.8 Å². The van der Waals surface area contributed by atoms with Gasteiger partial charge < -0.3 is 14.8 Å². The Morgan fingerprint density at radius 3 is 2.39 bits per heavy atom. The number of benzene rings is 1. The summed E-state index contributed by atoms with van der Waals surface area (Å²) in [4.78, 5) is 27.1. The maximum atomic E-state index is 11.8. The standard InChI is InChI=1S/C17H16N2O4/c1-22-16-10-8-14(11-18-16)19-15(20)9-5-12-3-6-13(7-4-12)17(21)23-2/h3-11H,1-2H3,(H,19,20)/b9-5+. The van der Waals surface area contributed by atoms with Crippen LogP contribution in [0.25, 0.3) is 6.08 Å². The maximum absolute atomic E-state index is 11.8. The van der Waals surface area contributed by atoms with Gasteiger partial charge in [0.25, 0.3) is 0 Å². The fraction of sp³-hybridized carbons (Fsp3) is 0.118. The topological polar surface area (TPSA) is 77.5 Å². The first-order valence-corrected chi connectivity index (χ1v) is 6.80. The van der Waals surface area contributed by atoms with Gasteiger partial charge in [-0.3, -0.25) is 4.79 Å². The van der Waals surface area contributed by atoms with E-state index in [-0.39, 0.29) is 5.91 Å². The summed E-state index contributed by atoms with van der Waals surface area (Å²) in [5.41, 5.74) is 1.82. The number of hydrogen-bond donors (Lipinski definition) is 1. The van der Waals surface area contributed by atoms with E-state index in [1.807, 2.05) is 0 Å². The van der Waals surface area contributed by atoms with E-state index in [1.165, 1.54) is 26.5 Å². The number of esters is 1. The van der Waals surface area contributed by atoms with E-state index in [0.717, 1.165) is 5.56 Å². The Morgan fingerprint density at radius 1 is 1.09 bits per heavy atom. The maximum Gasteiger partial charge on any atom is 0.337 e. The van der Waals surface area contributed by atoms with Crippen molar-refractivity contribution < 1.29 is 19.1 Å². The van der Waals surface area contributed by atoms with Gasteiger partial charge in [-0.2, -0.15) is 0 Å². The second-order valence-corrected chi connectivity index (χ2v) is 4.53. The molecule has 1 heterocycles. The predicted octanol–water partition coefficient (Wildman–Crippen LogP) is 2.53. The SMILES string of the molecule is COC(=O)c1ccc(/C=C/C(=O)Nc2ccc(OC)nc2)cc1. The number of aromatic nitrogens is 1. The number of ether oxygens (including phenoxy) is 2. The Bertz CT molecular complexity index is 706. The molecular weight excluding hydrogens is 296 g/mol. The largest absolute Gasteiger partial charge is 0.481 e. The second-order valence-electron chi connectivity index (χ2n) is 4.53. The minimum Gasteiger partial charge on any atom is -0.481 e. The molecule has 23 heavy (non-hydrogen) atoms. The Labute approximate surface area is 133 Å². The quantitative estimate of drug-likeness (QED) is 0.678. The van der Waals surface area contributed by atoms with Crippen molar-refractivity contribution in [3.05, 3.63) is 59.8 Å². The van der Waals surface area contributed by atoms with Crippen LogP contribution in [-0.4, -0.2) is 31.1 Å². The zero-order valence-electron chi connectivity index (χ0n) is 12.8. The van der Waals surface area contributed by atoms with Crippen LogP contribution in [0.5, 0.6) is 5.88 Å². The van der Waals surface area contributed by atoms with Crippen molar-refractivity contribution in [2.45, 2.75) is 0 Å². The van der Waals surface area contributed by atoms with Gasteiger partial charge in [-0.15, -0.1) is 0 Å². The molecule has 0 radical (unpaired) electrons. The summed E-state index contributed by atoms with van der Waals surface area (Å²) in [5, 5.41) is 2.68. The first-order valence-electron chi connectivity index (χ1n) is 6.80. The van der Waals surface area contributed by atoms with E-state index in [9.17, 15) is 9.59 Å². The lowest BCUT2D eigenvalue weighted by atomic mass is 10.1. The molecule has 6 nitrogen and oxygen atoms in total. The summed E-state index contributed by atoms with van der Waals surface area (Å²) in [6, 6.07) is 10.1. The molecule has 0 aliphatic carbocycles. The molecule has 6 heteroatoms. The smallest absolute Gasteiger partial charge is 0.337 e. The third kappa shape index (κ3) is 4.67. The van der Waals surface area contributed by atoms with Gasteiger partial charge in [-0.1, -0.05) is 12.1 Å². The number of nitrogens with one attached hydrogen (secondary N) is 1. The number of pyridine rings is 1. The van der Waals surface area contributed by atoms with Crippen molar-refractivity contribution in [3.8, 4) is 5.88 Å². The molecule has 0 aliphatic heterocycles. The summed E-state index contributed by atoms with van der Waals surface area (Å²) in [6.45, 7) is 0. The first-order chi connectivity index (χ1) is 11.1. The summed E-state index contributed by atoms with van der Waals surface area (Å²) in [5.74, 6) is -0.205. The molecule has 0 saturated heterocycles. The minimum atomic E-state index is -0.398. The van der Waals surface area contributed by atoms with Gasteiger partial charge in [0.1, 0.15) is 0 Å². The van der Waals surface area contributed by atoms with Crippen molar-refractivity contribution in [3.63, 3.8) is 0 Å². The summed E-state index contributed by atoms with van der Waals surface area (Å²) < 4.78 is 9.56. The van der Waals surface area contributed by atoms with E-state index < -0.39 is 5.97 Å². The second kappa shape index (κ2) is 7.74. The molecule has 0 bridgehead atoms. The fourth-order valence-electron chi connectivity index (χ4n) is 1.78. The molecule has 0 saturated carbocycles. The predicted molar refractivity (Wildman–Crippen MR) is 86.2 cm³/mol. The van der Waals surface area contributed by atoms with E-state index in [2.05, 4.69) is 15.0 Å². The highest BCUT2D eigenvalue weighted by Crippen LogP contribution is 2.11. The van der Waals surface area contributed by atoms with Crippen LogP contribution in [0.15, 0.2) is 48.7 Å². The lowest BCUT2D eigenvalue weighted by Gasteiger charge is -2.03. The van der Waals surface area contributed by atoms with Crippen molar-refractivity contribution in [1.82, 2.24) is 4.98 Å².